The van der Waals surface area contributed by atoms with Crippen LogP contribution in [0.5, 0.6) is 0 Å². The molecule has 0 aliphatic carbocycles. The van der Waals surface area contributed by atoms with Gasteiger partial charge in [0, 0.05) is 19.0 Å². The standard InChI is InChI=1S/C12H11F2N3O2S/c13-8-1-2-12(9(14)5-8)20(18,19)17-4-3-10-11(6-17)16-7-15-10/h1-2,5,7H,3-4,6H2,(H,15,16). The molecule has 0 radical (unpaired) electrons. The van der Waals surface area contributed by atoms with E-state index < -0.39 is 26.6 Å². The van der Waals surface area contributed by atoms with Crippen LogP contribution in [-0.4, -0.2) is 29.2 Å². The molecular weight excluding hydrogens is 288 g/mol. The van der Waals surface area contributed by atoms with E-state index in [0.29, 0.717) is 18.2 Å². The van der Waals surface area contributed by atoms with Gasteiger partial charge in [0.2, 0.25) is 10.0 Å². The van der Waals surface area contributed by atoms with E-state index in [-0.39, 0.29) is 13.1 Å². The van der Waals surface area contributed by atoms with Crippen molar-refractivity contribution in [1.29, 1.82) is 0 Å². The minimum absolute atomic E-state index is 0.106. The number of nitrogens with zero attached hydrogens (tertiary/aromatic N) is 2. The van der Waals surface area contributed by atoms with E-state index >= 15 is 0 Å². The van der Waals surface area contributed by atoms with Crippen LogP contribution >= 0.6 is 0 Å². The molecule has 8 heteroatoms. The van der Waals surface area contributed by atoms with Gasteiger partial charge in [-0.2, -0.15) is 4.31 Å². The van der Waals surface area contributed by atoms with Crippen LogP contribution in [0.2, 0.25) is 0 Å². The van der Waals surface area contributed by atoms with Crippen molar-refractivity contribution in [2.24, 2.45) is 0 Å². The first kappa shape index (κ1) is 13.2. The van der Waals surface area contributed by atoms with Crippen molar-refractivity contribution < 1.29 is 17.2 Å². The minimum atomic E-state index is -3.99. The van der Waals surface area contributed by atoms with Crippen LogP contribution in [0.1, 0.15) is 11.4 Å². The number of fused-ring (bicyclic) bond motifs is 1. The fraction of sp³-hybridized carbons (Fsp3) is 0.250. The Balaban J connectivity index is 1.97. The monoisotopic (exact) mass is 299 g/mol. The summed E-state index contributed by atoms with van der Waals surface area (Å²) >= 11 is 0. The third-order valence-electron chi connectivity index (χ3n) is 3.25. The number of nitrogens with one attached hydrogen (secondary N) is 1. The molecule has 0 fully saturated rings. The third kappa shape index (κ3) is 2.10. The van der Waals surface area contributed by atoms with Crippen molar-refractivity contribution in [2.45, 2.75) is 17.9 Å². The van der Waals surface area contributed by atoms with Crippen molar-refractivity contribution in [2.75, 3.05) is 6.54 Å². The lowest BCUT2D eigenvalue weighted by Gasteiger charge is -2.25. The average Bonchev–Trinajstić information content (AvgIpc) is 2.85. The molecule has 0 amide bonds. The molecule has 0 atom stereocenters. The van der Waals surface area contributed by atoms with E-state index in [9.17, 15) is 17.2 Å². The van der Waals surface area contributed by atoms with E-state index in [4.69, 9.17) is 0 Å². The summed E-state index contributed by atoms with van der Waals surface area (Å²) in [4.78, 5) is 6.43. The molecule has 106 valence electrons. The molecule has 0 saturated heterocycles. The molecule has 1 aromatic carbocycles. The lowest BCUT2D eigenvalue weighted by Crippen LogP contribution is -2.36. The smallest absolute Gasteiger partial charge is 0.246 e. The number of sulfonamides is 1. The largest absolute Gasteiger partial charge is 0.347 e. The average molecular weight is 299 g/mol. The number of imidazole rings is 1. The molecule has 20 heavy (non-hydrogen) atoms. The summed E-state index contributed by atoms with van der Waals surface area (Å²) in [5, 5.41) is 0. The molecule has 1 aliphatic heterocycles. The Labute approximate surface area is 114 Å². The first-order chi connectivity index (χ1) is 9.48. The first-order valence-corrected chi connectivity index (χ1v) is 7.39. The van der Waals surface area contributed by atoms with Crippen LogP contribution in [0.25, 0.3) is 0 Å². The molecule has 1 aromatic heterocycles. The molecule has 2 aromatic rings. The van der Waals surface area contributed by atoms with Gasteiger partial charge in [-0.3, -0.25) is 0 Å². The molecule has 0 unspecified atom stereocenters. The van der Waals surface area contributed by atoms with Gasteiger partial charge < -0.3 is 4.98 Å². The number of aromatic amines is 1. The Hall–Kier alpha value is -1.80. The molecule has 0 spiro atoms. The van der Waals surface area contributed by atoms with E-state index in [1.54, 1.807) is 0 Å². The minimum Gasteiger partial charge on any atom is -0.347 e. The summed E-state index contributed by atoms with van der Waals surface area (Å²) in [5.74, 6) is -1.89. The second kappa shape index (κ2) is 4.64. The lowest BCUT2D eigenvalue weighted by molar-refractivity contribution is 0.382. The fourth-order valence-electron chi connectivity index (χ4n) is 2.22. The maximum Gasteiger partial charge on any atom is 0.246 e. The van der Waals surface area contributed by atoms with E-state index in [1.165, 1.54) is 6.33 Å². The first-order valence-electron chi connectivity index (χ1n) is 5.95. The summed E-state index contributed by atoms with van der Waals surface area (Å²) in [6.45, 7) is 0.325. The highest BCUT2D eigenvalue weighted by molar-refractivity contribution is 7.89. The highest BCUT2D eigenvalue weighted by atomic mass is 32.2. The predicted molar refractivity (Wildman–Crippen MR) is 66.2 cm³/mol. The second-order valence-corrected chi connectivity index (χ2v) is 6.40. The maximum atomic E-state index is 13.7. The highest BCUT2D eigenvalue weighted by Gasteiger charge is 2.31. The van der Waals surface area contributed by atoms with Crippen LogP contribution in [0.3, 0.4) is 0 Å². The van der Waals surface area contributed by atoms with Gasteiger partial charge >= 0.3 is 0 Å². The molecule has 5 nitrogen and oxygen atoms in total. The topological polar surface area (TPSA) is 66.1 Å². The third-order valence-corrected chi connectivity index (χ3v) is 5.13. The van der Waals surface area contributed by atoms with Crippen molar-refractivity contribution in [3.05, 3.63) is 47.5 Å². The molecule has 2 heterocycles. The van der Waals surface area contributed by atoms with Gasteiger partial charge in [0.05, 0.1) is 24.3 Å². The SMILES string of the molecule is O=S(=O)(c1ccc(F)cc1F)N1CCc2nc[nH]c2C1. The zero-order chi connectivity index (χ0) is 14.3. The Morgan fingerprint density at radius 3 is 2.85 bits per heavy atom. The van der Waals surface area contributed by atoms with Crippen LogP contribution < -0.4 is 0 Å². The van der Waals surface area contributed by atoms with Gasteiger partial charge in [-0.1, -0.05) is 0 Å². The number of halogens is 2. The van der Waals surface area contributed by atoms with Crippen LogP contribution in [0, 0.1) is 11.6 Å². The van der Waals surface area contributed by atoms with Crippen LogP contribution in [-0.2, 0) is 23.0 Å². The van der Waals surface area contributed by atoms with Crippen LogP contribution in [0.15, 0.2) is 29.4 Å². The van der Waals surface area contributed by atoms with E-state index in [0.717, 1.165) is 22.1 Å². The summed E-state index contributed by atoms with van der Waals surface area (Å²) in [6, 6.07) is 2.45. The summed E-state index contributed by atoms with van der Waals surface area (Å²) in [5.41, 5.74) is 1.51. The molecule has 1 aliphatic rings. The van der Waals surface area contributed by atoms with Gasteiger partial charge in [0.15, 0.2) is 0 Å². The van der Waals surface area contributed by atoms with Gasteiger partial charge in [-0.25, -0.2) is 22.2 Å². The molecule has 3 rings (SSSR count). The number of benzene rings is 1. The maximum absolute atomic E-state index is 13.7. The predicted octanol–water partition coefficient (Wildman–Crippen LogP) is 1.43. The van der Waals surface area contributed by atoms with Gasteiger partial charge in [0.1, 0.15) is 16.5 Å². The van der Waals surface area contributed by atoms with Crippen molar-refractivity contribution in [3.8, 4) is 0 Å². The van der Waals surface area contributed by atoms with Crippen molar-refractivity contribution >= 4 is 10.0 Å². The number of hydrogen-bond donors (Lipinski definition) is 1. The number of H-pyrrole nitrogens is 1. The van der Waals surface area contributed by atoms with Gasteiger partial charge in [-0.05, 0) is 12.1 Å². The lowest BCUT2D eigenvalue weighted by atomic mass is 10.2. The Morgan fingerprint density at radius 1 is 1.30 bits per heavy atom. The number of rotatable bonds is 2. The fourth-order valence-corrected chi connectivity index (χ4v) is 3.67. The van der Waals surface area contributed by atoms with Crippen molar-refractivity contribution in [1.82, 2.24) is 14.3 Å². The Bertz CT molecular complexity index is 758. The normalized spacial score (nSPS) is 16.1. The van der Waals surface area contributed by atoms with Crippen LogP contribution in [0.4, 0.5) is 8.78 Å². The highest BCUT2D eigenvalue weighted by Crippen LogP contribution is 2.25. The number of aromatic nitrogens is 2. The van der Waals surface area contributed by atoms with Crippen molar-refractivity contribution in [3.63, 3.8) is 0 Å². The Morgan fingerprint density at radius 2 is 2.10 bits per heavy atom. The second-order valence-electron chi connectivity index (χ2n) is 4.49. The molecular formula is C12H11F2N3O2S. The quantitative estimate of drug-likeness (QED) is 0.912. The van der Waals surface area contributed by atoms with Gasteiger partial charge in [0.25, 0.3) is 0 Å². The van der Waals surface area contributed by atoms with Gasteiger partial charge in [-0.15, -0.1) is 0 Å². The Kier molecular flexibility index (Phi) is 3.06. The summed E-state index contributed by atoms with van der Waals surface area (Å²) < 4.78 is 52.5. The zero-order valence-corrected chi connectivity index (χ0v) is 11.1. The zero-order valence-electron chi connectivity index (χ0n) is 10.3. The molecule has 0 saturated carbocycles. The summed E-state index contributed by atoms with van der Waals surface area (Å²) in [7, 11) is -3.99. The number of hydrogen-bond acceptors (Lipinski definition) is 3. The summed E-state index contributed by atoms with van der Waals surface area (Å²) in [6.07, 6.45) is 1.96. The molecule has 1 N–H and O–H groups in total. The van der Waals surface area contributed by atoms with E-state index in [1.807, 2.05) is 0 Å². The van der Waals surface area contributed by atoms with E-state index in [2.05, 4.69) is 9.97 Å². The molecule has 0 bridgehead atoms.